The molecule has 2 fully saturated rings. The molecule has 2 aliphatic heterocycles. The van der Waals surface area contributed by atoms with Crippen molar-refractivity contribution >= 4 is 27.3 Å². The Hall–Kier alpha value is -2.52. The van der Waals surface area contributed by atoms with E-state index in [-0.39, 0.29) is 23.9 Å². The lowest BCUT2D eigenvalue weighted by Gasteiger charge is -2.32. The zero-order chi connectivity index (χ0) is 22.7. The molecule has 0 bridgehead atoms. The average Bonchev–Trinajstić information content (AvgIpc) is 2.80. The summed E-state index contributed by atoms with van der Waals surface area (Å²) in [5.41, 5.74) is 1.25. The molecular weight excluding hydrogens is 436 g/mol. The van der Waals surface area contributed by atoms with E-state index in [2.05, 4.69) is 10.2 Å². The molecule has 0 radical (unpaired) electrons. The topological polar surface area (TPSA) is 69.7 Å². The highest BCUT2D eigenvalue weighted by molar-refractivity contribution is 7.89. The van der Waals surface area contributed by atoms with Crippen molar-refractivity contribution < 1.29 is 22.0 Å². The summed E-state index contributed by atoms with van der Waals surface area (Å²) in [6.07, 6.45) is 3.90. The predicted octanol–water partition coefficient (Wildman–Crippen LogP) is 3.99. The lowest BCUT2D eigenvalue weighted by molar-refractivity contribution is -0.120. The lowest BCUT2D eigenvalue weighted by Crippen LogP contribution is -2.41. The maximum atomic E-state index is 14.0. The van der Waals surface area contributed by atoms with Gasteiger partial charge in [0, 0.05) is 32.1 Å². The molecular formula is C23H27F2N3O3S. The van der Waals surface area contributed by atoms with E-state index in [0.29, 0.717) is 18.5 Å². The molecule has 172 valence electrons. The summed E-state index contributed by atoms with van der Waals surface area (Å²) in [6, 6.07) is 9.71. The van der Waals surface area contributed by atoms with Crippen molar-refractivity contribution in [2.24, 2.45) is 5.92 Å². The first-order valence-electron chi connectivity index (χ1n) is 11.0. The fourth-order valence-corrected chi connectivity index (χ4v) is 5.94. The van der Waals surface area contributed by atoms with Gasteiger partial charge in [0.25, 0.3) is 0 Å². The van der Waals surface area contributed by atoms with Crippen molar-refractivity contribution in [1.29, 1.82) is 0 Å². The molecule has 0 aliphatic carbocycles. The molecule has 6 nitrogen and oxygen atoms in total. The van der Waals surface area contributed by atoms with E-state index >= 15 is 0 Å². The molecule has 4 rings (SSSR count). The van der Waals surface area contributed by atoms with E-state index < -0.39 is 27.6 Å². The van der Waals surface area contributed by atoms with Crippen LogP contribution in [0.5, 0.6) is 0 Å². The van der Waals surface area contributed by atoms with Gasteiger partial charge in [0.1, 0.15) is 16.5 Å². The van der Waals surface area contributed by atoms with Gasteiger partial charge < -0.3 is 10.2 Å². The molecule has 9 heteroatoms. The van der Waals surface area contributed by atoms with E-state index in [9.17, 15) is 22.0 Å². The second kappa shape index (κ2) is 9.54. The Morgan fingerprint density at radius 2 is 1.62 bits per heavy atom. The van der Waals surface area contributed by atoms with Crippen molar-refractivity contribution in [3.8, 4) is 0 Å². The van der Waals surface area contributed by atoms with Crippen LogP contribution in [-0.4, -0.2) is 44.8 Å². The second-order valence-corrected chi connectivity index (χ2v) is 10.2. The van der Waals surface area contributed by atoms with Crippen molar-refractivity contribution in [3.05, 3.63) is 54.1 Å². The van der Waals surface area contributed by atoms with Gasteiger partial charge >= 0.3 is 0 Å². The number of carbonyl (C=O) groups excluding carboxylic acids is 1. The van der Waals surface area contributed by atoms with E-state index in [4.69, 9.17) is 0 Å². The number of piperidine rings is 2. The highest BCUT2D eigenvalue weighted by Crippen LogP contribution is 2.31. The zero-order valence-electron chi connectivity index (χ0n) is 17.8. The van der Waals surface area contributed by atoms with Crippen molar-refractivity contribution in [3.63, 3.8) is 0 Å². The third-order valence-corrected chi connectivity index (χ3v) is 8.12. The Balaban J connectivity index is 1.42. The van der Waals surface area contributed by atoms with Crippen LogP contribution in [-0.2, 0) is 14.8 Å². The van der Waals surface area contributed by atoms with Crippen LogP contribution < -0.4 is 10.2 Å². The first-order chi connectivity index (χ1) is 15.4. The molecule has 0 saturated carbocycles. The monoisotopic (exact) mass is 463 g/mol. The first kappa shape index (κ1) is 22.7. The predicted molar refractivity (Wildman–Crippen MR) is 119 cm³/mol. The van der Waals surface area contributed by atoms with Gasteiger partial charge in [0.2, 0.25) is 15.9 Å². The first-order valence-corrected chi connectivity index (χ1v) is 12.4. The average molecular weight is 464 g/mol. The van der Waals surface area contributed by atoms with Gasteiger partial charge in [-0.15, -0.1) is 0 Å². The summed E-state index contributed by atoms with van der Waals surface area (Å²) < 4.78 is 54.7. The van der Waals surface area contributed by atoms with Gasteiger partial charge in [-0.1, -0.05) is 12.1 Å². The molecule has 2 aliphatic rings. The maximum Gasteiger partial charge on any atom is 0.245 e. The highest BCUT2D eigenvalue weighted by atomic mass is 32.2. The Labute approximate surface area is 187 Å². The normalized spacial score (nSPS) is 18.5. The zero-order valence-corrected chi connectivity index (χ0v) is 18.6. The Morgan fingerprint density at radius 1 is 0.938 bits per heavy atom. The van der Waals surface area contributed by atoms with Gasteiger partial charge in [0.05, 0.1) is 11.4 Å². The smallest absolute Gasteiger partial charge is 0.245 e. The van der Waals surface area contributed by atoms with E-state index in [1.54, 1.807) is 6.07 Å². The van der Waals surface area contributed by atoms with Crippen LogP contribution in [0, 0.1) is 17.6 Å². The van der Waals surface area contributed by atoms with Gasteiger partial charge in [-0.3, -0.25) is 4.79 Å². The maximum absolute atomic E-state index is 14.0. The Bertz CT molecular complexity index is 1080. The number of hydrogen-bond donors (Lipinski definition) is 1. The van der Waals surface area contributed by atoms with Gasteiger partial charge in [0.15, 0.2) is 0 Å². The van der Waals surface area contributed by atoms with E-state index in [1.807, 2.05) is 0 Å². The molecule has 2 aromatic carbocycles. The summed E-state index contributed by atoms with van der Waals surface area (Å²) in [4.78, 5) is 14.7. The molecule has 32 heavy (non-hydrogen) atoms. The van der Waals surface area contributed by atoms with Crippen molar-refractivity contribution in [1.82, 2.24) is 4.31 Å². The summed E-state index contributed by atoms with van der Waals surface area (Å²) in [5, 5.41) is 2.86. The Morgan fingerprint density at radius 3 is 2.31 bits per heavy atom. The third-order valence-electron chi connectivity index (χ3n) is 6.19. The van der Waals surface area contributed by atoms with Crippen LogP contribution >= 0.6 is 0 Å². The molecule has 0 spiro atoms. The fourth-order valence-electron chi connectivity index (χ4n) is 4.41. The molecule has 1 amide bonds. The number of nitrogens with one attached hydrogen (secondary N) is 1. The Kier molecular flexibility index (Phi) is 6.76. The molecule has 0 atom stereocenters. The molecule has 2 saturated heterocycles. The molecule has 2 aromatic rings. The van der Waals surface area contributed by atoms with Crippen LogP contribution in [0.2, 0.25) is 0 Å². The number of sulfonamides is 1. The van der Waals surface area contributed by atoms with Crippen LogP contribution in [0.15, 0.2) is 47.4 Å². The minimum Gasteiger partial charge on any atom is -0.370 e. The quantitative estimate of drug-likeness (QED) is 0.728. The van der Waals surface area contributed by atoms with Gasteiger partial charge in [-0.2, -0.15) is 4.31 Å². The van der Waals surface area contributed by atoms with Crippen molar-refractivity contribution in [2.45, 2.75) is 37.0 Å². The molecule has 0 unspecified atom stereocenters. The number of benzene rings is 2. The number of amides is 1. The number of rotatable bonds is 5. The van der Waals surface area contributed by atoms with E-state index in [1.165, 1.54) is 34.6 Å². The summed E-state index contributed by atoms with van der Waals surface area (Å²) in [6.45, 7) is 1.97. The molecule has 0 aromatic heterocycles. The van der Waals surface area contributed by atoms with Gasteiger partial charge in [-0.25, -0.2) is 17.2 Å². The highest BCUT2D eigenvalue weighted by Gasteiger charge is 2.33. The van der Waals surface area contributed by atoms with Crippen LogP contribution in [0.3, 0.4) is 0 Å². The number of carbonyl (C=O) groups is 1. The van der Waals surface area contributed by atoms with Crippen LogP contribution in [0.25, 0.3) is 0 Å². The number of hydrogen-bond acceptors (Lipinski definition) is 4. The summed E-state index contributed by atoms with van der Waals surface area (Å²) >= 11 is 0. The van der Waals surface area contributed by atoms with E-state index in [0.717, 1.165) is 44.1 Å². The number of nitrogens with zero attached hydrogens (tertiary/aromatic N) is 2. The SMILES string of the molecule is O=C(Nc1cc(F)ccc1N1CCCCC1)C1CCN(S(=O)(=O)c2ccccc2F)CC1. The summed E-state index contributed by atoms with van der Waals surface area (Å²) in [7, 11) is -3.96. The largest absolute Gasteiger partial charge is 0.370 e. The van der Waals surface area contributed by atoms with Crippen LogP contribution in [0.4, 0.5) is 20.2 Å². The minimum atomic E-state index is -3.96. The standard InChI is InChI=1S/C23H27F2N3O3S/c24-18-8-9-21(27-12-4-1-5-13-27)20(16-18)26-23(29)17-10-14-28(15-11-17)32(30,31)22-7-3-2-6-19(22)25/h2-3,6-9,16-17H,1,4-5,10-15H2,(H,26,29). The fraction of sp³-hybridized carbons (Fsp3) is 0.435. The number of halogens is 2. The van der Waals surface area contributed by atoms with Gasteiger partial charge in [-0.05, 0) is 62.4 Å². The van der Waals surface area contributed by atoms with Crippen molar-refractivity contribution in [2.75, 3.05) is 36.4 Å². The summed E-state index contributed by atoms with van der Waals surface area (Å²) in [5.74, 6) is -1.87. The molecule has 1 N–H and O–H groups in total. The lowest BCUT2D eigenvalue weighted by atomic mass is 9.97. The minimum absolute atomic E-state index is 0.122. The number of anilines is 2. The second-order valence-electron chi connectivity index (χ2n) is 8.31. The van der Waals surface area contributed by atoms with Crippen LogP contribution in [0.1, 0.15) is 32.1 Å². The third kappa shape index (κ3) is 4.78. The molecule has 2 heterocycles.